The second kappa shape index (κ2) is 7.31. The largest absolute Gasteiger partial charge is 0.497 e. The van der Waals surface area contributed by atoms with E-state index in [-0.39, 0.29) is 12.3 Å². The molecule has 2 aromatic heterocycles. The summed E-state index contributed by atoms with van der Waals surface area (Å²) < 4.78 is 17.4. The lowest BCUT2D eigenvalue weighted by atomic mass is 10.2. The molecule has 0 aliphatic carbocycles. The van der Waals surface area contributed by atoms with Crippen molar-refractivity contribution in [2.24, 2.45) is 7.05 Å². The second-order valence-electron chi connectivity index (χ2n) is 6.58. The molecule has 1 amide bonds. The van der Waals surface area contributed by atoms with Crippen LogP contribution in [0.15, 0.2) is 56.1 Å². The van der Waals surface area contributed by atoms with Gasteiger partial charge in [-0.15, -0.1) is 0 Å². The summed E-state index contributed by atoms with van der Waals surface area (Å²) in [4.78, 5) is 28.5. The SMILES string of the molecule is COc1ccc(-c2nc(CC(=O)Nc3ccc4c(c3)oc(=O)n4C)c(C)o2)cc1. The van der Waals surface area contributed by atoms with Gasteiger partial charge < -0.3 is 18.9 Å². The molecule has 1 N–H and O–H groups in total. The molecule has 4 rings (SSSR count). The number of hydrogen-bond donors (Lipinski definition) is 1. The third-order valence-corrected chi connectivity index (χ3v) is 4.63. The van der Waals surface area contributed by atoms with Crippen molar-refractivity contribution >= 4 is 22.7 Å². The third kappa shape index (κ3) is 3.64. The molecule has 0 aliphatic rings. The zero-order valence-corrected chi connectivity index (χ0v) is 16.2. The molecule has 0 atom stereocenters. The molecule has 8 heteroatoms. The molecular formula is C21H19N3O5. The van der Waals surface area contributed by atoms with Crippen molar-refractivity contribution in [3.63, 3.8) is 0 Å². The molecule has 0 unspecified atom stereocenters. The van der Waals surface area contributed by atoms with E-state index in [2.05, 4.69) is 10.3 Å². The van der Waals surface area contributed by atoms with E-state index in [9.17, 15) is 9.59 Å². The predicted octanol–water partition coefficient (Wildman–Crippen LogP) is 3.28. The number of fused-ring (bicyclic) bond motifs is 1. The van der Waals surface area contributed by atoms with E-state index in [1.807, 2.05) is 24.3 Å². The van der Waals surface area contributed by atoms with Crippen LogP contribution < -0.4 is 15.8 Å². The Morgan fingerprint density at radius 2 is 1.93 bits per heavy atom. The number of aryl methyl sites for hydroxylation is 2. The minimum Gasteiger partial charge on any atom is -0.497 e. The fourth-order valence-electron chi connectivity index (χ4n) is 3.02. The number of hydrogen-bond acceptors (Lipinski definition) is 6. The van der Waals surface area contributed by atoms with Crippen LogP contribution in [0.4, 0.5) is 5.69 Å². The highest BCUT2D eigenvalue weighted by Gasteiger charge is 2.16. The van der Waals surface area contributed by atoms with Crippen LogP contribution in [-0.4, -0.2) is 22.6 Å². The second-order valence-corrected chi connectivity index (χ2v) is 6.58. The van der Waals surface area contributed by atoms with E-state index in [1.54, 1.807) is 39.3 Å². The van der Waals surface area contributed by atoms with Gasteiger partial charge in [-0.2, -0.15) is 0 Å². The maximum absolute atomic E-state index is 12.5. The van der Waals surface area contributed by atoms with Gasteiger partial charge in [0.1, 0.15) is 11.5 Å². The van der Waals surface area contributed by atoms with Crippen molar-refractivity contribution < 1.29 is 18.4 Å². The van der Waals surface area contributed by atoms with E-state index >= 15 is 0 Å². The van der Waals surface area contributed by atoms with Gasteiger partial charge in [-0.05, 0) is 43.3 Å². The van der Waals surface area contributed by atoms with Crippen molar-refractivity contribution in [1.29, 1.82) is 0 Å². The number of oxazole rings is 2. The molecule has 148 valence electrons. The van der Waals surface area contributed by atoms with Gasteiger partial charge in [0.15, 0.2) is 5.58 Å². The topological polar surface area (TPSA) is 99.5 Å². The lowest BCUT2D eigenvalue weighted by Crippen LogP contribution is -2.15. The Bertz CT molecular complexity index is 1250. The van der Waals surface area contributed by atoms with Crippen molar-refractivity contribution in [3.05, 3.63) is 64.5 Å². The van der Waals surface area contributed by atoms with Gasteiger partial charge in [-0.1, -0.05) is 0 Å². The van der Waals surface area contributed by atoms with E-state index < -0.39 is 5.76 Å². The average molecular weight is 393 g/mol. The van der Waals surface area contributed by atoms with Gasteiger partial charge in [0.25, 0.3) is 0 Å². The van der Waals surface area contributed by atoms with Crippen molar-refractivity contribution in [1.82, 2.24) is 9.55 Å². The van der Waals surface area contributed by atoms with E-state index in [0.717, 1.165) is 11.3 Å². The molecule has 8 nitrogen and oxygen atoms in total. The van der Waals surface area contributed by atoms with Crippen LogP contribution in [0, 0.1) is 6.92 Å². The van der Waals surface area contributed by atoms with Crippen LogP contribution in [-0.2, 0) is 18.3 Å². The van der Waals surface area contributed by atoms with Gasteiger partial charge in [0, 0.05) is 24.4 Å². The predicted molar refractivity (Wildman–Crippen MR) is 107 cm³/mol. The number of rotatable bonds is 5. The summed E-state index contributed by atoms with van der Waals surface area (Å²) in [5, 5.41) is 2.79. The fourth-order valence-corrected chi connectivity index (χ4v) is 3.02. The molecule has 2 heterocycles. The zero-order chi connectivity index (χ0) is 20.5. The summed E-state index contributed by atoms with van der Waals surface area (Å²) >= 11 is 0. The Kier molecular flexibility index (Phi) is 4.67. The first-order chi connectivity index (χ1) is 13.9. The molecule has 0 saturated heterocycles. The lowest BCUT2D eigenvalue weighted by molar-refractivity contribution is -0.115. The highest BCUT2D eigenvalue weighted by molar-refractivity contribution is 5.94. The number of ether oxygens (including phenoxy) is 1. The van der Waals surface area contributed by atoms with E-state index in [4.69, 9.17) is 13.6 Å². The van der Waals surface area contributed by atoms with Crippen LogP contribution in [0.1, 0.15) is 11.5 Å². The number of methoxy groups -OCH3 is 1. The summed E-state index contributed by atoms with van der Waals surface area (Å²) in [6.45, 7) is 1.77. The number of carbonyl (C=O) groups excluding carboxylic acids is 1. The maximum Gasteiger partial charge on any atom is 0.419 e. The number of anilines is 1. The number of carbonyl (C=O) groups is 1. The standard InChI is InChI=1S/C21H19N3O5/c1-12-16(23-20(28-12)13-4-7-15(27-3)8-5-13)11-19(25)22-14-6-9-17-18(10-14)29-21(26)24(17)2/h4-10H,11H2,1-3H3,(H,22,25). The average Bonchev–Trinajstić information content (AvgIpc) is 3.21. The molecule has 0 fully saturated rings. The molecular weight excluding hydrogens is 374 g/mol. The van der Waals surface area contributed by atoms with Crippen LogP contribution in [0.25, 0.3) is 22.6 Å². The molecule has 0 radical (unpaired) electrons. The Hall–Kier alpha value is -3.81. The summed E-state index contributed by atoms with van der Waals surface area (Å²) in [5.74, 6) is 1.06. The minimum absolute atomic E-state index is 0.0578. The molecule has 0 bridgehead atoms. The first-order valence-electron chi connectivity index (χ1n) is 8.95. The van der Waals surface area contributed by atoms with Gasteiger partial charge in [-0.3, -0.25) is 9.36 Å². The summed E-state index contributed by atoms with van der Waals surface area (Å²) in [7, 11) is 3.23. The smallest absolute Gasteiger partial charge is 0.419 e. The van der Waals surface area contributed by atoms with E-state index in [1.165, 1.54) is 4.57 Å². The van der Waals surface area contributed by atoms with E-state index in [0.29, 0.717) is 34.1 Å². The van der Waals surface area contributed by atoms with Crippen LogP contribution in [0.2, 0.25) is 0 Å². The maximum atomic E-state index is 12.5. The van der Waals surface area contributed by atoms with Crippen molar-refractivity contribution in [2.45, 2.75) is 13.3 Å². The number of nitrogens with one attached hydrogen (secondary N) is 1. The van der Waals surface area contributed by atoms with Crippen LogP contribution >= 0.6 is 0 Å². The van der Waals surface area contributed by atoms with Gasteiger partial charge in [0.05, 0.1) is 24.7 Å². The zero-order valence-electron chi connectivity index (χ0n) is 16.2. The lowest BCUT2D eigenvalue weighted by Gasteiger charge is -2.04. The molecule has 2 aromatic carbocycles. The quantitative estimate of drug-likeness (QED) is 0.559. The number of benzene rings is 2. The Balaban J connectivity index is 1.49. The van der Waals surface area contributed by atoms with Gasteiger partial charge >= 0.3 is 5.76 Å². The summed E-state index contributed by atoms with van der Waals surface area (Å²) in [5.41, 5.74) is 2.96. The van der Waals surface area contributed by atoms with Gasteiger partial charge in [-0.25, -0.2) is 9.78 Å². The van der Waals surface area contributed by atoms with Gasteiger partial charge in [0.2, 0.25) is 11.8 Å². The molecule has 0 spiro atoms. The monoisotopic (exact) mass is 393 g/mol. The summed E-state index contributed by atoms with van der Waals surface area (Å²) in [6, 6.07) is 12.4. The van der Waals surface area contributed by atoms with Crippen LogP contribution in [0.5, 0.6) is 5.75 Å². The molecule has 0 saturated carbocycles. The fraction of sp³-hybridized carbons (Fsp3) is 0.190. The van der Waals surface area contributed by atoms with Crippen molar-refractivity contribution in [2.75, 3.05) is 12.4 Å². The number of nitrogens with zero attached hydrogens (tertiary/aromatic N) is 2. The number of amides is 1. The highest BCUT2D eigenvalue weighted by Crippen LogP contribution is 2.24. The Morgan fingerprint density at radius 3 is 2.66 bits per heavy atom. The summed E-state index contributed by atoms with van der Waals surface area (Å²) in [6.07, 6.45) is 0.0578. The Labute approximate surface area is 165 Å². The minimum atomic E-state index is -0.451. The molecule has 4 aromatic rings. The molecule has 0 aliphatic heterocycles. The third-order valence-electron chi connectivity index (χ3n) is 4.63. The normalized spacial score (nSPS) is 11.0. The van der Waals surface area contributed by atoms with Crippen LogP contribution in [0.3, 0.4) is 0 Å². The van der Waals surface area contributed by atoms with Crippen molar-refractivity contribution in [3.8, 4) is 17.2 Å². The first-order valence-corrected chi connectivity index (χ1v) is 8.95. The number of aromatic nitrogens is 2. The first kappa shape index (κ1) is 18.5. The Morgan fingerprint density at radius 1 is 1.17 bits per heavy atom. The highest BCUT2D eigenvalue weighted by atomic mass is 16.5. The molecule has 29 heavy (non-hydrogen) atoms.